The molecule has 0 aromatic carbocycles. The highest BCUT2D eigenvalue weighted by atomic mass is 16.1. The Kier molecular flexibility index (Phi) is 4.37. The largest absolute Gasteiger partial charge is 0.368 e. The van der Waals surface area contributed by atoms with Gasteiger partial charge in [-0.1, -0.05) is 6.42 Å². The molecule has 1 fully saturated rings. The van der Waals surface area contributed by atoms with Gasteiger partial charge in [0.25, 0.3) is 0 Å². The van der Waals surface area contributed by atoms with Crippen LogP contribution in [0.2, 0.25) is 0 Å². The Bertz CT molecular complexity index is 634. The van der Waals surface area contributed by atoms with Crippen molar-refractivity contribution in [2.75, 3.05) is 18.4 Å². The van der Waals surface area contributed by atoms with Crippen LogP contribution in [-0.4, -0.2) is 33.5 Å². The van der Waals surface area contributed by atoms with Gasteiger partial charge in [-0.05, 0) is 31.9 Å². The summed E-state index contributed by atoms with van der Waals surface area (Å²) >= 11 is 0. The van der Waals surface area contributed by atoms with Crippen molar-refractivity contribution in [3.63, 3.8) is 0 Å². The maximum atomic E-state index is 11.7. The molecule has 3 rings (SSSR count). The zero-order valence-electron chi connectivity index (χ0n) is 12.7. The average Bonchev–Trinajstić information content (AvgIpc) is 2.95. The zero-order chi connectivity index (χ0) is 15.4. The zero-order valence-corrected chi connectivity index (χ0v) is 12.7. The first-order valence-electron chi connectivity index (χ1n) is 7.73. The first-order valence-corrected chi connectivity index (χ1v) is 7.73. The van der Waals surface area contributed by atoms with Crippen molar-refractivity contribution >= 4 is 11.7 Å². The van der Waals surface area contributed by atoms with Crippen molar-refractivity contribution < 1.29 is 4.79 Å². The highest BCUT2D eigenvalue weighted by Crippen LogP contribution is 2.25. The molecule has 0 radical (unpaired) electrons. The summed E-state index contributed by atoms with van der Waals surface area (Å²) in [7, 11) is 0. The number of nitrogens with zero attached hydrogens (tertiary/aromatic N) is 3. The number of carbonyl (C=O) groups excluding carboxylic acids is 1. The van der Waals surface area contributed by atoms with E-state index in [1.165, 1.54) is 6.42 Å². The van der Waals surface area contributed by atoms with Crippen LogP contribution in [0.5, 0.6) is 0 Å². The highest BCUT2D eigenvalue weighted by molar-refractivity contribution is 5.79. The maximum Gasteiger partial charge on any atom is 0.223 e. The van der Waals surface area contributed by atoms with Crippen LogP contribution >= 0.6 is 0 Å². The fraction of sp³-hybridized carbons (Fsp3) is 0.438. The minimum atomic E-state index is 0.181. The van der Waals surface area contributed by atoms with E-state index in [0.717, 1.165) is 24.5 Å². The molecule has 0 bridgehead atoms. The van der Waals surface area contributed by atoms with Crippen molar-refractivity contribution in [3.05, 3.63) is 36.4 Å². The predicted molar refractivity (Wildman–Crippen MR) is 84.9 cm³/mol. The van der Waals surface area contributed by atoms with Crippen LogP contribution in [0.4, 0.5) is 5.82 Å². The molecule has 0 unspecified atom stereocenters. The predicted octanol–water partition coefficient (Wildman–Crippen LogP) is 1.90. The van der Waals surface area contributed by atoms with E-state index in [4.69, 9.17) is 0 Å². The smallest absolute Gasteiger partial charge is 0.223 e. The van der Waals surface area contributed by atoms with Crippen molar-refractivity contribution in [1.29, 1.82) is 0 Å². The lowest BCUT2D eigenvalue weighted by Gasteiger charge is -2.24. The van der Waals surface area contributed by atoms with Crippen molar-refractivity contribution in [2.45, 2.75) is 26.2 Å². The van der Waals surface area contributed by atoms with E-state index < -0.39 is 0 Å². The summed E-state index contributed by atoms with van der Waals surface area (Å²) in [6, 6.07) is 5.82. The number of aryl methyl sites for hydroxylation is 1. The number of amides is 1. The minimum Gasteiger partial charge on any atom is -0.368 e. The normalized spacial score (nSPS) is 14.4. The van der Waals surface area contributed by atoms with E-state index in [1.54, 1.807) is 0 Å². The van der Waals surface area contributed by atoms with Crippen molar-refractivity contribution in [3.8, 4) is 5.82 Å². The number of aromatic nitrogens is 3. The van der Waals surface area contributed by atoms with E-state index in [2.05, 4.69) is 20.6 Å². The summed E-state index contributed by atoms with van der Waals surface area (Å²) in [6.07, 6.45) is 7.14. The minimum absolute atomic E-state index is 0.181. The van der Waals surface area contributed by atoms with Gasteiger partial charge in [-0.3, -0.25) is 4.79 Å². The number of nitrogens with one attached hydrogen (secondary N) is 2. The average molecular weight is 299 g/mol. The number of hydrogen-bond acceptors (Lipinski definition) is 4. The number of rotatable bonds is 6. The molecule has 2 aromatic heterocycles. The van der Waals surface area contributed by atoms with Gasteiger partial charge in [-0.15, -0.1) is 0 Å². The van der Waals surface area contributed by atoms with E-state index in [-0.39, 0.29) is 11.8 Å². The second-order valence-electron chi connectivity index (χ2n) is 5.59. The van der Waals surface area contributed by atoms with Gasteiger partial charge >= 0.3 is 0 Å². The van der Waals surface area contributed by atoms with Gasteiger partial charge in [0.05, 0.1) is 0 Å². The molecule has 22 heavy (non-hydrogen) atoms. The van der Waals surface area contributed by atoms with Crippen LogP contribution < -0.4 is 10.6 Å². The summed E-state index contributed by atoms with van der Waals surface area (Å²) in [4.78, 5) is 20.5. The van der Waals surface area contributed by atoms with Gasteiger partial charge in [0, 0.05) is 37.5 Å². The molecular weight excluding hydrogens is 278 g/mol. The molecule has 2 aromatic rings. The summed E-state index contributed by atoms with van der Waals surface area (Å²) in [5, 5.41) is 6.20. The molecule has 1 amide bonds. The fourth-order valence-electron chi connectivity index (χ4n) is 2.45. The molecule has 0 spiro atoms. The monoisotopic (exact) mass is 299 g/mol. The second kappa shape index (κ2) is 6.60. The quantitative estimate of drug-likeness (QED) is 0.799. The lowest BCUT2D eigenvalue weighted by atomic mass is 9.85. The Morgan fingerprint density at radius 1 is 1.27 bits per heavy atom. The topological polar surface area (TPSA) is 71.8 Å². The molecule has 6 heteroatoms. The third-order valence-electron chi connectivity index (χ3n) is 3.90. The molecule has 0 atom stereocenters. The lowest BCUT2D eigenvalue weighted by Crippen LogP contribution is -2.36. The molecule has 1 aliphatic rings. The van der Waals surface area contributed by atoms with Crippen molar-refractivity contribution in [1.82, 2.24) is 19.9 Å². The Balaban J connectivity index is 1.52. The molecule has 0 aliphatic heterocycles. The third kappa shape index (κ3) is 3.44. The molecule has 116 valence electrons. The molecule has 6 nitrogen and oxygen atoms in total. The van der Waals surface area contributed by atoms with Gasteiger partial charge in [-0.2, -0.15) is 0 Å². The van der Waals surface area contributed by atoms with E-state index >= 15 is 0 Å². The molecule has 2 heterocycles. The first kappa shape index (κ1) is 14.6. The van der Waals surface area contributed by atoms with Gasteiger partial charge in [-0.25, -0.2) is 9.97 Å². The van der Waals surface area contributed by atoms with Gasteiger partial charge in [0.1, 0.15) is 17.5 Å². The fourth-order valence-corrected chi connectivity index (χ4v) is 2.45. The molecule has 0 saturated heterocycles. The Labute approximate surface area is 130 Å². The van der Waals surface area contributed by atoms with Crippen molar-refractivity contribution in [2.24, 2.45) is 5.92 Å². The van der Waals surface area contributed by atoms with Crippen LogP contribution in [0.1, 0.15) is 25.1 Å². The maximum absolute atomic E-state index is 11.7. The van der Waals surface area contributed by atoms with E-state index in [1.807, 2.05) is 42.1 Å². The van der Waals surface area contributed by atoms with Gasteiger partial charge in [0.2, 0.25) is 5.91 Å². The van der Waals surface area contributed by atoms with Crippen LogP contribution in [0.15, 0.2) is 30.6 Å². The Morgan fingerprint density at radius 3 is 2.73 bits per heavy atom. The second-order valence-corrected chi connectivity index (χ2v) is 5.59. The highest BCUT2D eigenvalue weighted by Gasteiger charge is 2.24. The van der Waals surface area contributed by atoms with Crippen LogP contribution in [0.3, 0.4) is 0 Å². The number of hydrogen-bond donors (Lipinski definition) is 2. The van der Waals surface area contributed by atoms with Crippen LogP contribution in [0.25, 0.3) is 5.82 Å². The Morgan fingerprint density at radius 2 is 2.05 bits per heavy atom. The van der Waals surface area contributed by atoms with Gasteiger partial charge in [0.15, 0.2) is 0 Å². The summed E-state index contributed by atoms with van der Waals surface area (Å²) in [6.45, 7) is 3.13. The van der Waals surface area contributed by atoms with Gasteiger partial charge < -0.3 is 15.2 Å². The molecular formula is C16H21N5O. The first-order chi connectivity index (χ1) is 10.7. The number of carbonyl (C=O) groups is 1. The van der Waals surface area contributed by atoms with E-state index in [0.29, 0.717) is 18.9 Å². The lowest BCUT2D eigenvalue weighted by molar-refractivity contribution is -0.127. The van der Waals surface area contributed by atoms with Crippen LogP contribution in [0, 0.1) is 12.8 Å². The molecule has 2 N–H and O–H groups in total. The SMILES string of the molecule is Cc1nc(NCCNC(=O)C2CCC2)cc(-n2cccc2)n1. The number of anilines is 1. The molecule has 1 aliphatic carbocycles. The summed E-state index contributed by atoms with van der Waals surface area (Å²) < 4.78 is 1.94. The van der Waals surface area contributed by atoms with E-state index in [9.17, 15) is 4.79 Å². The Hall–Kier alpha value is -2.37. The summed E-state index contributed by atoms with van der Waals surface area (Å²) in [5.74, 6) is 2.74. The standard InChI is InChI=1S/C16H21N5O/c1-12-19-14(11-15(20-12)21-9-2-3-10-21)17-7-8-18-16(22)13-5-4-6-13/h2-3,9-11,13H,4-8H2,1H3,(H,18,22)(H,17,19,20). The molecule has 1 saturated carbocycles. The third-order valence-corrected chi connectivity index (χ3v) is 3.90. The van der Waals surface area contributed by atoms with Crippen LogP contribution in [-0.2, 0) is 4.79 Å². The summed E-state index contributed by atoms with van der Waals surface area (Å²) in [5.41, 5.74) is 0.